The molecule has 0 aromatic heterocycles. The lowest BCUT2D eigenvalue weighted by Gasteiger charge is -2.17. The molecule has 3 N–H and O–H groups in total. The number of amidine groups is 1. The zero-order chi connectivity index (χ0) is 11.5. The third-order valence-electron chi connectivity index (χ3n) is 2.99. The van der Waals surface area contributed by atoms with Crippen LogP contribution in [0.2, 0.25) is 0 Å². The van der Waals surface area contributed by atoms with Crippen LogP contribution in [0.4, 0.5) is 0 Å². The highest BCUT2D eigenvalue weighted by atomic mass is 16.4. The van der Waals surface area contributed by atoms with Crippen molar-refractivity contribution in [1.29, 1.82) is 0 Å². The molecule has 1 aromatic carbocycles. The topological polar surface area (TPSA) is 61.8 Å². The maximum Gasteiger partial charge on any atom is 0.170 e. The lowest BCUT2D eigenvalue weighted by atomic mass is 10.1. The van der Waals surface area contributed by atoms with E-state index in [0.717, 1.165) is 17.7 Å². The first-order chi connectivity index (χ1) is 7.72. The number of nitrogens with zero attached hydrogens (tertiary/aromatic N) is 2. The summed E-state index contributed by atoms with van der Waals surface area (Å²) in [5, 5.41) is 11.8. The van der Waals surface area contributed by atoms with Gasteiger partial charge in [0.15, 0.2) is 5.84 Å². The van der Waals surface area contributed by atoms with Crippen LogP contribution in [0.15, 0.2) is 29.4 Å². The monoisotopic (exact) mass is 219 g/mol. The molecule has 0 aliphatic heterocycles. The highest BCUT2D eigenvalue weighted by molar-refractivity contribution is 5.98. The summed E-state index contributed by atoms with van der Waals surface area (Å²) >= 11 is 0. The molecule has 16 heavy (non-hydrogen) atoms. The van der Waals surface area contributed by atoms with Crippen molar-refractivity contribution in [1.82, 2.24) is 4.90 Å². The summed E-state index contributed by atoms with van der Waals surface area (Å²) < 4.78 is 0. The lowest BCUT2D eigenvalue weighted by molar-refractivity contribution is 0.314. The third-order valence-corrected chi connectivity index (χ3v) is 2.99. The van der Waals surface area contributed by atoms with Crippen LogP contribution < -0.4 is 5.73 Å². The molecule has 2 rings (SSSR count). The highest BCUT2D eigenvalue weighted by Crippen LogP contribution is 2.27. The molecule has 0 heterocycles. The average molecular weight is 219 g/mol. The van der Waals surface area contributed by atoms with Crippen LogP contribution in [-0.4, -0.2) is 29.0 Å². The maximum absolute atomic E-state index is 8.72. The van der Waals surface area contributed by atoms with Gasteiger partial charge in [-0.2, -0.15) is 0 Å². The van der Waals surface area contributed by atoms with Crippen molar-refractivity contribution in [3.8, 4) is 0 Å². The van der Waals surface area contributed by atoms with Crippen molar-refractivity contribution >= 4 is 5.84 Å². The van der Waals surface area contributed by atoms with Crippen LogP contribution in [0.25, 0.3) is 0 Å². The minimum Gasteiger partial charge on any atom is -0.409 e. The Morgan fingerprint density at radius 2 is 2.19 bits per heavy atom. The predicted molar refractivity (Wildman–Crippen MR) is 63.4 cm³/mol. The van der Waals surface area contributed by atoms with E-state index in [2.05, 4.69) is 17.1 Å². The molecule has 0 spiro atoms. The summed E-state index contributed by atoms with van der Waals surface area (Å²) in [6, 6.07) is 8.48. The Morgan fingerprint density at radius 3 is 2.81 bits per heavy atom. The van der Waals surface area contributed by atoms with Crippen LogP contribution in [0.5, 0.6) is 0 Å². The van der Waals surface area contributed by atoms with Crippen molar-refractivity contribution in [3.05, 3.63) is 35.4 Å². The summed E-state index contributed by atoms with van der Waals surface area (Å²) in [5.74, 6) is 0.180. The zero-order valence-electron chi connectivity index (χ0n) is 9.43. The van der Waals surface area contributed by atoms with Gasteiger partial charge < -0.3 is 10.9 Å². The molecule has 0 bridgehead atoms. The number of rotatable bonds is 4. The third kappa shape index (κ3) is 2.33. The second kappa shape index (κ2) is 4.53. The molecular weight excluding hydrogens is 202 g/mol. The SMILES string of the molecule is CN(Cc1ccccc1/C(N)=N/O)C1CC1. The fourth-order valence-electron chi connectivity index (χ4n) is 1.88. The molecule has 4 heteroatoms. The van der Waals surface area contributed by atoms with Gasteiger partial charge in [0.1, 0.15) is 0 Å². The molecule has 1 saturated carbocycles. The maximum atomic E-state index is 8.72. The summed E-state index contributed by atoms with van der Waals surface area (Å²) in [5.41, 5.74) is 7.57. The van der Waals surface area contributed by atoms with Crippen LogP contribution >= 0.6 is 0 Å². The van der Waals surface area contributed by atoms with Gasteiger partial charge >= 0.3 is 0 Å². The molecule has 1 aliphatic rings. The largest absolute Gasteiger partial charge is 0.409 e. The molecule has 0 unspecified atom stereocenters. The van der Waals surface area contributed by atoms with E-state index in [1.54, 1.807) is 0 Å². The first-order valence-corrected chi connectivity index (χ1v) is 5.48. The van der Waals surface area contributed by atoms with Crippen LogP contribution in [0, 0.1) is 0 Å². The molecular formula is C12H17N3O. The Balaban J connectivity index is 2.18. The van der Waals surface area contributed by atoms with E-state index in [1.165, 1.54) is 12.8 Å². The van der Waals surface area contributed by atoms with E-state index in [9.17, 15) is 0 Å². The smallest absolute Gasteiger partial charge is 0.170 e. The normalized spacial score (nSPS) is 16.8. The van der Waals surface area contributed by atoms with E-state index < -0.39 is 0 Å². The number of benzene rings is 1. The van der Waals surface area contributed by atoms with Gasteiger partial charge in [-0.1, -0.05) is 29.4 Å². The van der Waals surface area contributed by atoms with Gasteiger partial charge in [-0.15, -0.1) is 0 Å². The van der Waals surface area contributed by atoms with Crippen molar-refractivity contribution in [2.45, 2.75) is 25.4 Å². The molecule has 86 valence electrons. The predicted octanol–water partition coefficient (Wildman–Crippen LogP) is 1.38. The van der Waals surface area contributed by atoms with Gasteiger partial charge in [-0.05, 0) is 25.5 Å². The molecule has 1 aliphatic carbocycles. The minimum atomic E-state index is 0.180. The number of hydrogen-bond acceptors (Lipinski definition) is 3. The van der Waals surface area contributed by atoms with Gasteiger partial charge in [0.2, 0.25) is 0 Å². The molecule has 0 saturated heterocycles. The first kappa shape index (κ1) is 11.0. The highest BCUT2D eigenvalue weighted by Gasteiger charge is 2.26. The van der Waals surface area contributed by atoms with E-state index in [-0.39, 0.29) is 5.84 Å². The molecule has 1 aromatic rings. The molecule has 4 nitrogen and oxygen atoms in total. The van der Waals surface area contributed by atoms with Crippen molar-refractivity contribution in [3.63, 3.8) is 0 Å². The standard InChI is InChI=1S/C12H17N3O/c1-15(10-6-7-10)8-9-4-2-3-5-11(9)12(13)14-16/h2-5,10,16H,6-8H2,1H3,(H2,13,14). The first-order valence-electron chi connectivity index (χ1n) is 5.48. The van der Waals surface area contributed by atoms with E-state index in [4.69, 9.17) is 10.9 Å². The quantitative estimate of drug-likeness (QED) is 0.348. The van der Waals surface area contributed by atoms with Crippen LogP contribution in [-0.2, 0) is 6.54 Å². The van der Waals surface area contributed by atoms with Crippen LogP contribution in [0.3, 0.4) is 0 Å². The number of hydrogen-bond donors (Lipinski definition) is 2. The van der Waals surface area contributed by atoms with Crippen molar-refractivity contribution in [2.24, 2.45) is 10.9 Å². The zero-order valence-corrected chi connectivity index (χ0v) is 9.43. The fraction of sp³-hybridized carbons (Fsp3) is 0.417. The molecule has 0 amide bonds. The van der Waals surface area contributed by atoms with Gasteiger partial charge in [0, 0.05) is 18.2 Å². The van der Waals surface area contributed by atoms with E-state index in [0.29, 0.717) is 6.04 Å². The van der Waals surface area contributed by atoms with Crippen molar-refractivity contribution < 1.29 is 5.21 Å². The Bertz CT molecular complexity index is 399. The number of nitrogens with two attached hydrogens (primary N) is 1. The summed E-state index contributed by atoms with van der Waals surface area (Å²) in [6.07, 6.45) is 2.56. The second-order valence-electron chi connectivity index (χ2n) is 4.29. The minimum absolute atomic E-state index is 0.180. The summed E-state index contributed by atoms with van der Waals surface area (Å²) in [4.78, 5) is 2.31. The van der Waals surface area contributed by atoms with E-state index in [1.807, 2.05) is 24.3 Å². The Morgan fingerprint density at radius 1 is 1.50 bits per heavy atom. The number of oxime groups is 1. The Kier molecular flexibility index (Phi) is 3.10. The molecule has 0 atom stereocenters. The lowest BCUT2D eigenvalue weighted by Crippen LogP contribution is -2.23. The average Bonchev–Trinajstić information content (AvgIpc) is 3.12. The van der Waals surface area contributed by atoms with Crippen molar-refractivity contribution in [2.75, 3.05) is 7.05 Å². The fourth-order valence-corrected chi connectivity index (χ4v) is 1.88. The Labute approximate surface area is 95.4 Å². The Hall–Kier alpha value is -1.55. The van der Waals surface area contributed by atoms with E-state index >= 15 is 0 Å². The van der Waals surface area contributed by atoms with Gasteiger partial charge in [-0.25, -0.2) is 0 Å². The summed E-state index contributed by atoms with van der Waals surface area (Å²) in [6.45, 7) is 0.844. The van der Waals surface area contributed by atoms with Gasteiger partial charge in [0.05, 0.1) is 0 Å². The second-order valence-corrected chi connectivity index (χ2v) is 4.29. The van der Waals surface area contributed by atoms with Gasteiger partial charge in [0.25, 0.3) is 0 Å². The molecule has 1 fully saturated rings. The van der Waals surface area contributed by atoms with Gasteiger partial charge in [-0.3, -0.25) is 4.90 Å². The molecule has 0 radical (unpaired) electrons. The van der Waals surface area contributed by atoms with Crippen LogP contribution in [0.1, 0.15) is 24.0 Å². The summed E-state index contributed by atoms with van der Waals surface area (Å²) in [7, 11) is 2.11.